The summed E-state index contributed by atoms with van der Waals surface area (Å²) in [5.41, 5.74) is 1.25. The quantitative estimate of drug-likeness (QED) is 0.748. The number of nitrogens with one attached hydrogen (secondary N) is 1. The summed E-state index contributed by atoms with van der Waals surface area (Å²) in [4.78, 5) is 14.5. The summed E-state index contributed by atoms with van der Waals surface area (Å²) in [5, 5.41) is 6.74. The van der Waals surface area contributed by atoms with Crippen molar-refractivity contribution in [3.05, 3.63) is 41.3 Å². The maximum atomic E-state index is 12.3. The third-order valence-corrected chi connectivity index (χ3v) is 4.44. The average Bonchev–Trinajstić information content (AvgIpc) is 3.17. The number of morpholine rings is 1. The van der Waals surface area contributed by atoms with Gasteiger partial charge < -0.3 is 24.1 Å². The zero-order chi connectivity index (χ0) is 19.1. The lowest BCUT2D eigenvalue weighted by atomic mass is 10.1. The minimum Gasteiger partial charge on any atom is -0.497 e. The third-order valence-electron chi connectivity index (χ3n) is 4.44. The fourth-order valence-electron chi connectivity index (χ4n) is 2.95. The Morgan fingerprint density at radius 1 is 1.22 bits per heavy atom. The molecule has 8 nitrogen and oxygen atoms in total. The molecule has 27 heavy (non-hydrogen) atoms. The van der Waals surface area contributed by atoms with E-state index in [1.165, 1.54) is 0 Å². The molecule has 0 radical (unpaired) electrons. The summed E-state index contributed by atoms with van der Waals surface area (Å²) in [6.07, 6.45) is 0.616. The van der Waals surface area contributed by atoms with Gasteiger partial charge >= 0.3 is 0 Å². The third kappa shape index (κ3) is 5.21. The van der Waals surface area contributed by atoms with Crippen LogP contribution in [0.4, 0.5) is 0 Å². The van der Waals surface area contributed by atoms with E-state index >= 15 is 0 Å². The highest BCUT2D eigenvalue weighted by atomic mass is 16.5. The topological polar surface area (TPSA) is 86.1 Å². The first-order valence-corrected chi connectivity index (χ1v) is 8.94. The van der Waals surface area contributed by atoms with Gasteiger partial charge in [-0.15, -0.1) is 0 Å². The van der Waals surface area contributed by atoms with Crippen LogP contribution in [-0.2, 0) is 17.7 Å². The van der Waals surface area contributed by atoms with Gasteiger partial charge in [0.15, 0.2) is 11.5 Å². The molecule has 8 heteroatoms. The number of ether oxygens (including phenoxy) is 3. The molecule has 3 rings (SSSR count). The summed E-state index contributed by atoms with van der Waals surface area (Å²) in [5.74, 6) is 1.94. The zero-order valence-corrected chi connectivity index (χ0v) is 15.7. The summed E-state index contributed by atoms with van der Waals surface area (Å²) in [6, 6.07) is 7.29. The highest BCUT2D eigenvalue weighted by Gasteiger charge is 2.16. The standard InChI is InChI=1S/C19H25N3O5/c1-24-15-3-4-18(25-2)14(11-15)5-6-20-19(23)17-12-16(27-21-17)13-22-7-9-26-10-8-22/h3-4,11-12H,5-10,13H2,1-2H3,(H,20,23). The molecule has 1 N–H and O–H groups in total. The smallest absolute Gasteiger partial charge is 0.273 e. The Morgan fingerprint density at radius 2 is 2.04 bits per heavy atom. The average molecular weight is 375 g/mol. The number of amides is 1. The molecule has 1 aromatic heterocycles. The molecule has 1 amide bonds. The summed E-state index contributed by atoms with van der Waals surface area (Å²) in [6.45, 7) is 4.22. The van der Waals surface area contributed by atoms with Crippen molar-refractivity contribution in [2.45, 2.75) is 13.0 Å². The number of benzene rings is 1. The van der Waals surface area contributed by atoms with Crippen molar-refractivity contribution in [3.8, 4) is 11.5 Å². The Morgan fingerprint density at radius 3 is 2.78 bits per heavy atom. The van der Waals surface area contributed by atoms with Crippen LogP contribution in [0.1, 0.15) is 21.8 Å². The fraction of sp³-hybridized carbons (Fsp3) is 0.474. The first kappa shape index (κ1) is 19.2. The highest BCUT2D eigenvalue weighted by molar-refractivity contribution is 5.92. The van der Waals surface area contributed by atoms with Gasteiger partial charge in [-0.3, -0.25) is 9.69 Å². The van der Waals surface area contributed by atoms with Crippen LogP contribution in [0.15, 0.2) is 28.8 Å². The van der Waals surface area contributed by atoms with E-state index in [4.69, 9.17) is 18.7 Å². The molecule has 0 saturated carbocycles. The first-order chi connectivity index (χ1) is 13.2. The number of nitrogens with zero attached hydrogens (tertiary/aromatic N) is 2. The maximum Gasteiger partial charge on any atom is 0.273 e. The van der Waals surface area contributed by atoms with Crippen LogP contribution >= 0.6 is 0 Å². The van der Waals surface area contributed by atoms with E-state index in [0.29, 0.717) is 25.3 Å². The molecule has 0 aliphatic carbocycles. The SMILES string of the molecule is COc1ccc(OC)c(CCNC(=O)c2cc(CN3CCOCC3)on2)c1. The van der Waals surface area contributed by atoms with Gasteiger partial charge in [0.1, 0.15) is 11.5 Å². The van der Waals surface area contributed by atoms with Gasteiger partial charge in [0.2, 0.25) is 0 Å². The molecule has 1 aliphatic heterocycles. The molecule has 0 spiro atoms. The number of methoxy groups -OCH3 is 2. The Hall–Kier alpha value is -2.58. The Balaban J connectivity index is 1.51. The minimum atomic E-state index is -0.256. The Bertz CT molecular complexity index is 756. The molecule has 0 bridgehead atoms. The number of aromatic nitrogens is 1. The first-order valence-electron chi connectivity index (χ1n) is 8.94. The van der Waals surface area contributed by atoms with Crippen LogP contribution in [0, 0.1) is 0 Å². The van der Waals surface area contributed by atoms with Crippen molar-refractivity contribution in [2.75, 3.05) is 47.1 Å². The molecular formula is C19H25N3O5. The van der Waals surface area contributed by atoms with Crippen molar-refractivity contribution in [1.82, 2.24) is 15.4 Å². The van der Waals surface area contributed by atoms with E-state index in [1.54, 1.807) is 20.3 Å². The lowest BCUT2D eigenvalue weighted by Crippen LogP contribution is -2.35. The predicted octanol–water partition coefficient (Wildman–Crippen LogP) is 1.50. The zero-order valence-electron chi connectivity index (χ0n) is 15.7. The van der Waals surface area contributed by atoms with Gasteiger partial charge in [-0.25, -0.2) is 0 Å². The van der Waals surface area contributed by atoms with E-state index in [1.807, 2.05) is 18.2 Å². The molecule has 1 aliphatic rings. The number of hydrogen-bond donors (Lipinski definition) is 1. The number of carbonyl (C=O) groups is 1. The van der Waals surface area contributed by atoms with Crippen molar-refractivity contribution in [1.29, 1.82) is 0 Å². The molecule has 1 saturated heterocycles. The molecule has 1 fully saturated rings. The molecule has 0 unspecified atom stereocenters. The summed E-state index contributed by atoms with van der Waals surface area (Å²) < 4.78 is 21.2. The summed E-state index contributed by atoms with van der Waals surface area (Å²) in [7, 11) is 3.24. The summed E-state index contributed by atoms with van der Waals surface area (Å²) >= 11 is 0. The molecule has 2 heterocycles. The predicted molar refractivity (Wildman–Crippen MR) is 98.2 cm³/mol. The lowest BCUT2D eigenvalue weighted by molar-refractivity contribution is 0.0305. The van der Waals surface area contributed by atoms with Gasteiger partial charge in [-0.2, -0.15) is 0 Å². The van der Waals surface area contributed by atoms with Crippen LogP contribution in [0.25, 0.3) is 0 Å². The number of rotatable bonds is 8. The molecule has 1 aromatic carbocycles. The second-order valence-corrected chi connectivity index (χ2v) is 6.25. The fourth-order valence-corrected chi connectivity index (χ4v) is 2.95. The molecule has 146 valence electrons. The minimum absolute atomic E-state index is 0.256. The number of carbonyl (C=O) groups excluding carboxylic acids is 1. The highest BCUT2D eigenvalue weighted by Crippen LogP contribution is 2.24. The van der Waals surface area contributed by atoms with Crippen molar-refractivity contribution in [3.63, 3.8) is 0 Å². The molecular weight excluding hydrogens is 350 g/mol. The largest absolute Gasteiger partial charge is 0.497 e. The number of hydrogen-bond acceptors (Lipinski definition) is 7. The maximum absolute atomic E-state index is 12.3. The van der Waals surface area contributed by atoms with Gasteiger partial charge in [-0.05, 0) is 30.2 Å². The van der Waals surface area contributed by atoms with Crippen LogP contribution < -0.4 is 14.8 Å². The second-order valence-electron chi connectivity index (χ2n) is 6.25. The van der Waals surface area contributed by atoms with Gasteiger partial charge in [-0.1, -0.05) is 5.16 Å². The van der Waals surface area contributed by atoms with E-state index in [9.17, 15) is 4.79 Å². The van der Waals surface area contributed by atoms with Gasteiger partial charge in [0.05, 0.1) is 34.0 Å². The Kier molecular flexibility index (Phi) is 6.67. The van der Waals surface area contributed by atoms with Crippen LogP contribution in [0.2, 0.25) is 0 Å². The van der Waals surface area contributed by atoms with Gasteiger partial charge in [0.25, 0.3) is 5.91 Å². The normalized spacial score (nSPS) is 14.7. The molecule has 0 atom stereocenters. The van der Waals surface area contributed by atoms with E-state index in [2.05, 4.69) is 15.4 Å². The van der Waals surface area contributed by atoms with E-state index < -0.39 is 0 Å². The van der Waals surface area contributed by atoms with Crippen molar-refractivity contribution in [2.24, 2.45) is 0 Å². The lowest BCUT2D eigenvalue weighted by Gasteiger charge is -2.25. The van der Waals surface area contributed by atoms with Gasteiger partial charge in [0, 0.05) is 25.7 Å². The monoisotopic (exact) mass is 375 g/mol. The van der Waals surface area contributed by atoms with Crippen LogP contribution in [0.3, 0.4) is 0 Å². The molecule has 2 aromatic rings. The van der Waals surface area contributed by atoms with E-state index in [-0.39, 0.29) is 11.6 Å². The van der Waals surface area contributed by atoms with E-state index in [0.717, 1.165) is 43.4 Å². The Labute approximate surface area is 158 Å². The van der Waals surface area contributed by atoms with Crippen LogP contribution in [-0.4, -0.2) is 63.0 Å². The van der Waals surface area contributed by atoms with Crippen LogP contribution in [0.5, 0.6) is 11.5 Å². The van der Waals surface area contributed by atoms with Crippen molar-refractivity contribution >= 4 is 5.91 Å². The second kappa shape index (κ2) is 9.38. The van der Waals surface area contributed by atoms with Crippen molar-refractivity contribution < 1.29 is 23.5 Å².